The van der Waals surface area contributed by atoms with Gasteiger partial charge in [0.1, 0.15) is 18.5 Å². The molecule has 0 spiro atoms. The van der Waals surface area contributed by atoms with Crippen LogP contribution in [0.15, 0.2) is 35.3 Å². The molecule has 7 heteroatoms. The summed E-state index contributed by atoms with van der Waals surface area (Å²) < 4.78 is 16.9. The number of aromatic nitrogens is 3. The van der Waals surface area contributed by atoms with E-state index >= 15 is 0 Å². The Morgan fingerprint density at radius 1 is 1.27 bits per heavy atom. The molecule has 5 nitrogen and oxygen atoms in total. The monoisotopic (exact) mass is 418 g/mol. The van der Waals surface area contributed by atoms with Crippen LogP contribution in [0.25, 0.3) is 0 Å². The Kier molecular flexibility index (Phi) is 3.55. The molecule has 2 atom stereocenters. The third-order valence-electron chi connectivity index (χ3n) is 6.60. The lowest BCUT2D eigenvalue weighted by Gasteiger charge is -2.60. The highest BCUT2D eigenvalue weighted by Crippen LogP contribution is 2.64. The van der Waals surface area contributed by atoms with Gasteiger partial charge in [-0.3, -0.25) is 4.79 Å². The first-order chi connectivity index (χ1) is 12.5. The number of carbonyl (C=O) groups is 1. The molecule has 1 amide bonds. The molecular formula is C19H20BrFN4O. The molecule has 0 aliphatic heterocycles. The van der Waals surface area contributed by atoms with Gasteiger partial charge in [0.15, 0.2) is 0 Å². The Balaban J connectivity index is 1.47. The topological polar surface area (TPSA) is 59.8 Å². The molecule has 1 aromatic carbocycles. The predicted octanol–water partition coefficient (Wildman–Crippen LogP) is 4.11. The summed E-state index contributed by atoms with van der Waals surface area (Å²) in [6, 6.07) is 4.74. The second kappa shape index (κ2) is 5.62. The first-order valence-electron chi connectivity index (χ1n) is 9.10. The van der Waals surface area contributed by atoms with E-state index in [1.807, 2.05) is 4.68 Å². The Hall–Kier alpha value is -1.76. The van der Waals surface area contributed by atoms with Gasteiger partial charge in [-0.25, -0.2) is 14.1 Å². The number of hydrogen-bond donors (Lipinski definition) is 1. The van der Waals surface area contributed by atoms with E-state index in [0.717, 1.165) is 32.1 Å². The molecule has 4 aliphatic rings. The first kappa shape index (κ1) is 16.4. The molecule has 1 N–H and O–H groups in total. The smallest absolute Gasteiger partial charge is 0.230 e. The van der Waals surface area contributed by atoms with E-state index in [2.05, 4.69) is 31.3 Å². The highest BCUT2D eigenvalue weighted by Gasteiger charge is 2.61. The number of amides is 1. The third kappa shape index (κ3) is 2.43. The molecule has 0 radical (unpaired) electrons. The van der Waals surface area contributed by atoms with Gasteiger partial charge in [-0.15, -0.1) is 0 Å². The molecule has 4 saturated carbocycles. The van der Waals surface area contributed by atoms with Crippen LogP contribution in [-0.4, -0.2) is 20.7 Å². The van der Waals surface area contributed by atoms with Gasteiger partial charge in [0.2, 0.25) is 5.91 Å². The van der Waals surface area contributed by atoms with Crippen molar-refractivity contribution in [3.63, 3.8) is 0 Å². The molecule has 4 aliphatic carbocycles. The van der Waals surface area contributed by atoms with Crippen LogP contribution in [-0.2, 0) is 10.3 Å². The van der Waals surface area contributed by atoms with Gasteiger partial charge >= 0.3 is 0 Å². The molecular weight excluding hydrogens is 399 g/mol. The number of carbonyl (C=O) groups excluding carboxylic acids is 1. The van der Waals surface area contributed by atoms with Gasteiger partial charge in [-0.1, -0.05) is 15.9 Å². The van der Waals surface area contributed by atoms with E-state index in [9.17, 15) is 9.18 Å². The third-order valence-corrected chi connectivity index (χ3v) is 7.09. The minimum atomic E-state index is -0.435. The van der Waals surface area contributed by atoms with Crippen molar-refractivity contribution in [3.05, 3.63) is 41.1 Å². The van der Waals surface area contributed by atoms with E-state index in [1.165, 1.54) is 12.5 Å². The normalized spacial score (nSPS) is 34.8. The summed E-state index contributed by atoms with van der Waals surface area (Å²) in [5.74, 6) is 0.600. The molecule has 1 aromatic heterocycles. The van der Waals surface area contributed by atoms with Crippen molar-refractivity contribution in [1.29, 1.82) is 0 Å². The summed E-state index contributed by atoms with van der Waals surface area (Å²) in [6.07, 6.45) is 9.23. The number of nitrogens with zero attached hydrogens (tertiary/aromatic N) is 3. The summed E-state index contributed by atoms with van der Waals surface area (Å²) in [6.45, 7) is 0. The summed E-state index contributed by atoms with van der Waals surface area (Å²) in [5.41, 5.74) is -0.296. The fourth-order valence-electron chi connectivity index (χ4n) is 6.05. The number of halogens is 2. The number of hydrogen-bond acceptors (Lipinski definition) is 3. The van der Waals surface area contributed by atoms with Crippen molar-refractivity contribution < 1.29 is 9.18 Å². The Morgan fingerprint density at radius 2 is 2.04 bits per heavy atom. The van der Waals surface area contributed by atoms with Crippen molar-refractivity contribution in [2.24, 2.45) is 17.3 Å². The van der Waals surface area contributed by atoms with Gasteiger partial charge < -0.3 is 5.32 Å². The fraction of sp³-hybridized carbons (Fsp3) is 0.526. The zero-order chi connectivity index (χ0) is 17.9. The molecule has 1 heterocycles. The number of benzene rings is 1. The average molecular weight is 419 g/mol. The van der Waals surface area contributed by atoms with Crippen molar-refractivity contribution in [2.75, 3.05) is 5.32 Å². The van der Waals surface area contributed by atoms with E-state index in [4.69, 9.17) is 0 Å². The highest BCUT2D eigenvalue weighted by molar-refractivity contribution is 9.10. The van der Waals surface area contributed by atoms with E-state index in [-0.39, 0.29) is 17.1 Å². The molecule has 26 heavy (non-hydrogen) atoms. The minimum absolute atomic E-state index is 0.0442. The number of nitrogens with one attached hydrogen (secondary N) is 1. The van der Waals surface area contributed by atoms with Crippen LogP contribution in [0.4, 0.5) is 10.1 Å². The molecule has 6 rings (SSSR count). The summed E-state index contributed by atoms with van der Waals surface area (Å²) in [4.78, 5) is 17.4. The van der Waals surface area contributed by atoms with Gasteiger partial charge in [0, 0.05) is 4.47 Å². The van der Waals surface area contributed by atoms with Gasteiger partial charge in [-0.2, -0.15) is 5.10 Å². The maximum atomic E-state index is 14.2. The molecule has 0 unspecified atom stereocenters. The summed E-state index contributed by atoms with van der Waals surface area (Å²) in [7, 11) is 0. The van der Waals surface area contributed by atoms with Gasteiger partial charge in [0.05, 0.1) is 16.6 Å². The number of rotatable bonds is 3. The zero-order valence-corrected chi connectivity index (χ0v) is 15.9. The van der Waals surface area contributed by atoms with Crippen LogP contribution in [0.2, 0.25) is 0 Å². The van der Waals surface area contributed by atoms with E-state index in [0.29, 0.717) is 16.3 Å². The maximum absolute atomic E-state index is 14.2. The summed E-state index contributed by atoms with van der Waals surface area (Å²) >= 11 is 3.25. The van der Waals surface area contributed by atoms with Crippen LogP contribution >= 0.6 is 15.9 Å². The lowest BCUT2D eigenvalue weighted by atomic mass is 9.46. The molecule has 0 saturated heterocycles. The fourth-order valence-corrected chi connectivity index (χ4v) is 6.38. The van der Waals surface area contributed by atoms with Crippen molar-refractivity contribution in [2.45, 2.75) is 44.1 Å². The largest absolute Gasteiger partial charge is 0.323 e. The van der Waals surface area contributed by atoms with E-state index < -0.39 is 11.2 Å². The van der Waals surface area contributed by atoms with Crippen LogP contribution in [0.5, 0.6) is 0 Å². The quantitative estimate of drug-likeness (QED) is 0.815. The molecule has 136 valence electrons. The Labute approximate surface area is 159 Å². The zero-order valence-electron chi connectivity index (χ0n) is 14.3. The first-order valence-corrected chi connectivity index (χ1v) is 9.89. The van der Waals surface area contributed by atoms with Crippen LogP contribution in [0.3, 0.4) is 0 Å². The SMILES string of the molecule is O=C(Nc1ccc(Br)cc1F)C12C[C@@H]3C[C@@H](C1)CC(n1cncn1)(C3)C2. The Bertz CT molecular complexity index is 854. The standard InChI is InChI=1S/C19H20BrFN4O/c20-14-1-2-16(15(21)4-14)24-17(26)18-5-12-3-13(6-18)8-19(7-12,9-18)25-11-22-10-23-25/h1-2,4,10-13H,3,5-9H2,(H,24,26)/t12-,13-,18?,19?/m0/s1. The van der Waals surface area contributed by atoms with Crippen molar-refractivity contribution >= 4 is 27.5 Å². The highest BCUT2D eigenvalue weighted by atomic mass is 79.9. The van der Waals surface area contributed by atoms with Crippen molar-refractivity contribution in [1.82, 2.24) is 14.8 Å². The number of anilines is 1. The van der Waals surface area contributed by atoms with Crippen LogP contribution < -0.4 is 5.32 Å². The molecule has 4 bridgehead atoms. The maximum Gasteiger partial charge on any atom is 0.230 e. The van der Waals surface area contributed by atoms with Gasteiger partial charge in [-0.05, 0) is 68.6 Å². The van der Waals surface area contributed by atoms with Gasteiger partial charge in [0.25, 0.3) is 0 Å². The summed E-state index contributed by atoms with van der Waals surface area (Å²) in [5, 5.41) is 7.29. The molecule has 4 fully saturated rings. The predicted molar refractivity (Wildman–Crippen MR) is 97.8 cm³/mol. The lowest BCUT2D eigenvalue weighted by molar-refractivity contribution is -0.150. The van der Waals surface area contributed by atoms with Crippen LogP contribution in [0, 0.1) is 23.1 Å². The minimum Gasteiger partial charge on any atom is -0.323 e. The molecule has 2 aromatic rings. The Morgan fingerprint density at radius 3 is 2.69 bits per heavy atom. The van der Waals surface area contributed by atoms with Crippen molar-refractivity contribution in [3.8, 4) is 0 Å². The second-order valence-electron chi connectivity index (χ2n) is 8.38. The average Bonchev–Trinajstić information content (AvgIpc) is 3.11. The van der Waals surface area contributed by atoms with Crippen LogP contribution in [0.1, 0.15) is 38.5 Å². The second-order valence-corrected chi connectivity index (χ2v) is 9.30. The van der Waals surface area contributed by atoms with E-state index in [1.54, 1.807) is 24.8 Å². The lowest BCUT2D eigenvalue weighted by Crippen LogP contribution is -2.60.